The summed E-state index contributed by atoms with van der Waals surface area (Å²) >= 11 is 4.96. The van der Waals surface area contributed by atoms with E-state index in [-0.39, 0.29) is 6.04 Å². The van der Waals surface area contributed by atoms with E-state index in [0.717, 1.165) is 24.4 Å². The molecule has 4 nitrogen and oxygen atoms in total. The van der Waals surface area contributed by atoms with Crippen LogP contribution in [-0.2, 0) is 6.54 Å². The van der Waals surface area contributed by atoms with Gasteiger partial charge in [0.15, 0.2) is 5.75 Å². The van der Waals surface area contributed by atoms with E-state index in [2.05, 4.69) is 17.3 Å². The number of nitrogens with zero attached hydrogens (tertiary/aromatic N) is 2. The maximum atomic E-state index is 5.37. The van der Waals surface area contributed by atoms with Crippen LogP contribution in [0.2, 0.25) is 0 Å². The van der Waals surface area contributed by atoms with Crippen LogP contribution in [0.3, 0.4) is 0 Å². The van der Waals surface area contributed by atoms with Crippen LogP contribution in [0.4, 0.5) is 0 Å². The van der Waals surface area contributed by atoms with Crippen LogP contribution in [0.15, 0.2) is 6.20 Å². The van der Waals surface area contributed by atoms with Gasteiger partial charge in [-0.15, -0.1) is 0 Å². The van der Waals surface area contributed by atoms with Gasteiger partial charge in [0.25, 0.3) is 5.17 Å². The predicted octanol–water partition coefficient (Wildman–Crippen LogP) is 1.62. The SMILES string of the molecule is CCCn1cc2c(n1)C(C)NC(=S)O2. The minimum atomic E-state index is 0.143. The second-order valence-corrected chi connectivity index (χ2v) is 3.77. The number of thiocarbonyl (C=S) groups is 1. The van der Waals surface area contributed by atoms with Crippen molar-refractivity contribution in [2.24, 2.45) is 0 Å². The lowest BCUT2D eigenvalue weighted by Crippen LogP contribution is -2.33. The Morgan fingerprint density at radius 2 is 2.50 bits per heavy atom. The van der Waals surface area contributed by atoms with Gasteiger partial charge in [0.05, 0.1) is 12.2 Å². The van der Waals surface area contributed by atoms with Gasteiger partial charge in [0.1, 0.15) is 5.69 Å². The van der Waals surface area contributed by atoms with Crippen molar-refractivity contribution in [2.45, 2.75) is 32.9 Å². The summed E-state index contributed by atoms with van der Waals surface area (Å²) in [6.45, 7) is 5.06. The molecular formula is C9H13N3OS. The van der Waals surface area contributed by atoms with Crippen LogP contribution in [0.5, 0.6) is 5.75 Å². The highest BCUT2D eigenvalue weighted by atomic mass is 32.1. The lowest BCUT2D eigenvalue weighted by molar-refractivity contribution is 0.462. The highest BCUT2D eigenvalue weighted by Gasteiger charge is 2.23. The molecule has 76 valence electrons. The molecule has 0 aromatic carbocycles. The number of hydrogen-bond donors (Lipinski definition) is 1. The number of hydrogen-bond acceptors (Lipinski definition) is 3. The monoisotopic (exact) mass is 211 g/mol. The molecule has 0 spiro atoms. The zero-order valence-electron chi connectivity index (χ0n) is 8.28. The average Bonchev–Trinajstić information content (AvgIpc) is 2.48. The van der Waals surface area contributed by atoms with Gasteiger partial charge in [-0.25, -0.2) is 0 Å². The predicted molar refractivity (Wildman–Crippen MR) is 57.3 cm³/mol. The third kappa shape index (κ3) is 1.59. The average molecular weight is 211 g/mol. The molecule has 0 fully saturated rings. The van der Waals surface area contributed by atoms with Gasteiger partial charge in [-0.05, 0) is 25.6 Å². The standard InChI is InChI=1S/C9H13N3OS/c1-3-4-12-5-7-8(11-12)6(2)10-9(14)13-7/h5-6H,3-4H2,1-2H3,(H,10,14). The Hall–Kier alpha value is -1.10. The molecule has 14 heavy (non-hydrogen) atoms. The molecule has 0 aliphatic carbocycles. The number of nitrogens with one attached hydrogen (secondary N) is 1. The van der Waals surface area contributed by atoms with Crippen LogP contribution >= 0.6 is 12.2 Å². The summed E-state index contributed by atoms with van der Waals surface area (Å²) in [7, 11) is 0. The Bertz CT molecular complexity index is 361. The lowest BCUT2D eigenvalue weighted by atomic mass is 10.2. The van der Waals surface area contributed by atoms with Gasteiger partial charge in [-0.3, -0.25) is 4.68 Å². The Balaban J connectivity index is 2.30. The number of aromatic nitrogens is 2. The van der Waals surface area contributed by atoms with Crippen LogP contribution in [0.1, 0.15) is 32.0 Å². The van der Waals surface area contributed by atoms with Crippen molar-refractivity contribution in [3.05, 3.63) is 11.9 Å². The molecule has 1 aromatic heterocycles. The van der Waals surface area contributed by atoms with Crippen LogP contribution in [0, 0.1) is 0 Å². The van der Waals surface area contributed by atoms with E-state index >= 15 is 0 Å². The summed E-state index contributed by atoms with van der Waals surface area (Å²) in [5.41, 5.74) is 0.937. The summed E-state index contributed by atoms with van der Waals surface area (Å²) in [4.78, 5) is 0. The Kier molecular flexibility index (Phi) is 2.41. The molecule has 0 bridgehead atoms. The van der Waals surface area contributed by atoms with Crippen molar-refractivity contribution in [2.75, 3.05) is 0 Å². The van der Waals surface area contributed by atoms with Crippen molar-refractivity contribution in [3.8, 4) is 5.75 Å². The molecule has 1 aliphatic rings. The van der Waals surface area contributed by atoms with Crippen LogP contribution in [-0.4, -0.2) is 15.0 Å². The number of rotatable bonds is 2. The molecule has 1 aromatic rings. The Morgan fingerprint density at radius 3 is 3.21 bits per heavy atom. The van der Waals surface area contributed by atoms with E-state index in [9.17, 15) is 0 Å². The normalized spacial score (nSPS) is 19.9. The molecule has 1 N–H and O–H groups in total. The van der Waals surface area contributed by atoms with Gasteiger partial charge < -0.3 is 10.1 Å². The fourth-order valence-corrected chi connectivity index (χ4v) is 1.78. The van der Waals surface area contributed by atoms with Crippen molar-refractivity contribution in [1.82, 2.24) is 15.1 Å². The number of aryl methyl sites for hydroxylation is 1. The fourth-order valence-electron chi connectivity index (χ4n) is 1.51. The highest BCUT2D eigenvalue weighted by Crippen LogP contribution is 2.27. The summed E-state index contributed by atoms with van der Waals surface area (Å²) in [5, 5.41) is 7.88. The second kappa shape index (κ2) is 3.57. The van der Waals surface area contributed by atoms with Crippen molar-refractivity contribution in [3.63, 3.8) is 0 Å². The summed E-state index contributed by atoms with van der Waals surface area (Å²) in [6, 6.07) is 0.143. The first-order valence-electron chi connectivity index (χ1n) is 4.76. The van der Waals surface area contributed by atoms with Gasteiger partial charge in [-0.2, -0.15) is 5.10 Å². The molecule has 0 amide bonds. The maximum Gasteiger partial charge on any atom is 0.262 e. The van der Waals surface area contributed by atoms with Crippen LogP contribution in [0.25, 0.3) is 0 Å². The molecule has 1 atom stereocenters. The van der Waals surface area contributed by atoms with Crippen molar-refractivity contribution < 1.29 is 4.74 Å². The van der Waals surface area contributed by atoms with Gasteiger partial charge in [0, 0.05) is 6.54 Å². The molecule has 0 radical (unpaired) electrons. The van der Waals surface area contributed by atoms with Gasteiger partial charge in [-0.1, -0.05) is 6.92 Å². The molecular weight excluding hydrogens is 198 g/mol. The highest BCUT2D eigenvalue weighted by molar-refractivity contribution is 7.80. The third-order valence-corrected chi connectivity index (χ3v) is 2.36. The summed E-state index contributed by atoms with van der Waals surface area (Å²) in [6.07, 6.45) is 2.97. The lowest BCUT2D eigenvalue weighted by Gasteiger charge is -2.20. The van der Waals surface area contributed by atoms with Gasteiger partial charge >= 0.3 is 0 Å². The zero-order valence-corrected chi connectivity index (χ0v) is 9.10. The summed E-state index contributed by atoms with van der Waals surface area (Å²) in [5.74, 6) is 0.787. The Labute approximate surface area is 88.2 Å². The minimum Gasteiger partial charge on any atom is -0.428 e. The molecule has 1 aliphatic heterocycles. The van der Waals surface area contributed by atoms with Crippen LogP contribution < -0.4 is 10.1 Å². The summed E-state index contributed by atoms with van der Waals surface area (Å²) < 4.78 is 7.27. The minimum absolute atomic E-state index is 0.143. The van der Waals surface area contributed by atoms with Crippen molar-refractivity contribution >= 4 is 17.4 Å². The number of ether oxygens (including phenoxy) is 1. The topological polar surface area (TPSA) is 39.1 Å². The molecule has 2 heterocycles. The second-order valence-electron chi connectivity index (χ2n) is 3.40. The van der Waals surface area contributed by atoms with E-state index in [1.54, 1.807) is 0 Å². The van der Waals surface area contributed by atoms with E-state index in [0.29, 0.717) is 5.17 Å². The number of fused-ring (bicyclic) bond motifs is 1. The smallest absolute Gasteiger partial charge is 0.262 e. The molecule has 1 unspecified atom stereocenters. The molecule has 0 saturated heterocycles. The van der Waals surface area contributed by atoms with Gasteiger partial charge in [0.2, 0.25) is 0 Å². The molecule has 5 heteroatoms. The van der Waals surface area contributed by atoms with E-state index in [1.165, 1.54) is 0 Å². The fraction of sp³-hybridized carbons (Fsp3) is 0.556. The largest absolute Gasteiger partial charge is 0.428 e. The van der Waals surface area contributed by atoms with E-state index in [1.807, 2.05) is 17.8 Å². The first kappa shape index (κ1) is 9.45. The molecule has 2 rings (SSSR count). The van der Waals surface area contributed by atoms with E-state index < -0.39 is 0 Å². The molecule has 0 saturated carbocycles. The third-order valence-electron chi connectivity index (χ3n) is 2.15. The maximum absolute atomic E-state index is 5.37. The quantitative estimate of drug-likeness (QED) is 0.754. The van der Waals surface area contributed by atoms with E-state index in [4.69, 9.17) is 17.0 Å². The zero-order chi connectivity index (χ0) is 10.1. The van der Waals surface area contributed by atoms with Crippen molar-refractivity contribution in [1.29, 1.82) is 0 Å². The first-order chi connectivity index (χ1) is 6.70. The Morgan fingerprint density at radius 1 is 1.71 bits per heavy atom. The first-order valence-corrected chi connectivity index (χ1v) is 5.17.